The molecule has 2 rings (SSSR count). The Kier molecular flexibility index (Phi) is 5.66. The zero-order valence-electron chi connectivity index (χ0n) is 12.1. The Morgan fingerprint density at radius 3 is 2.29 bits per heavy atom. The van der Waals surface area contributed by atoms with Gasteiger partial charge in [-0.3, -0.25) is 9.59 Å². The zero-order chi connectivity index (χ0) is 17.7. The summed E-state index contributed by atoms with van der Waals surface area (Å²) in [6, 6.07) is 9.25. The van der Waals surface area contributed by atoms with E-state index >= 15 is 0 Å². The molecule has 0 spiro atoms. The van der Waals surface area contributed by atoms with Gasteiger partial charge in [0.2, 0.25) is 5.91 Å². The molecule has 1 aromatic carbocycles. The standard InChI is InChI=1S/C15H12BrF3N2O3/c16-12-6-5-11(24-12)14(23)21-10-3-1-9(2-4-10)7-13(22)20-8-15(17,18)19/h1-6H,7-8H2,(H,20,22)(H,21,23). The molecule has 5 nitrogen and oxygen atoms in total. The van der Waals surface area contributed by atoms with Crippen molar-refractivity contribution in [3.63, 3.8) is 0 Å². The van der Waals surface area contributed by atoms with Crippen LogP contribution < -0.4 is 10.6 Å². The minimum Gasteiger partial charge on any atom is -0.444 e. The fourth-order valence-corrected chi connectivity index (χ4v) is 2.09. The average Bonchev–Trinajstić information content (AvgIpc) is 2.93. The monoisotopic (exact) mass is 404 g/mol. The van der Waals surface area contributed by atoms with Gasteiger partial charge in [0.25, 0.3) is 5.91 Å². The van der Waals surface area contributed by atoms with Crippen molar-refractivity contribution in [2.45, 2.75) is 12.6 Å². The lowest BCUT2D eigenvalue weighted by Gasteiger charge is -2.09. The smallest absolute Gasteiger partial charge is 0.405 e. The van der Waals surface area contributed by atoms with Crippen LogP contribution in [0.25, 0.3) is 0 Å². The minimum atomic E-state index is -4.44. The molecule has 1 heterocycles. The molecule has 0 aliphatic heterocycles. The lowest BCUT2D eigenvalue weighted by molar-refractivity contribution is -0.138. The normalized spacial score (nSPS) is 11.2. The quantitative estimate of drug-likeness (QED) is 0.800. The number of rotatable bonds is 5. The van der Waals surface area contributed by atoms with E-state index in [9.17, 15) is 22.8 Å². The minimum absolute atomic E-state index is 0.123. The summed E-state index contributed by atoms with van der Waals surface area (Å²) in [5.41, 5.74) is 0.986. The van der Waals surface area contributed by atoms with Gasteiger partial charge in [-0.05, 0) is 45.8 Å². The number of hydrogen-bond acceptors (Lipinski definition) is 3. The number of carbonyl (C=O) groups is 2. The molecular weight excluding hydrogens is 393 g/mol. The molecule has 2 aromatic rings. The molecule has 0 fully saturated rings. The third-order valence-electron chi connectivity index (χ3n) is 2.86. The predicted molar refractivity (Wildman–Crippen MR) is 83.6 cm³/mol. The van der Waals surface area contributed by atoms with Crippen LogP contribution >= 0.6 is 15.9 Å². The maximum Gasteiger partial charge on any atom is 0.405 e. The number of halogens is 4. The number of hydrogen-bond donors (Lipinski definition) is 2. The van der Waals surface area contributed by atoms with Gasteiger partial charge in [0, 0.05) is 5.69 Å². The second kappa shape index (κ2) is 7.52. The van der Waals surface area contributed by atoms with E-state index < -0.39 is 24.5 Å². The van der Waals surface area contributed by atoms with Crippen molar-refractivity contribution in [1.82, 2.24) is 5.32 Å². The van der Waals surface area contributed by atoms with Crippen molar-refractivity contribution in [3.05, 3.63) is 52.4 Å². The van der Waals surface area contributed by atoms with Crippen molar-refractivity contribution in [3.8, 4) is 0 Å². The summed E-state index contributed by atoms with van der Waals surface area (Å²) in [5.74, 6) is -1.06. The highest BCUT2D eigenvalue weighted by molar-refractivity contribution is 9.10. The Hall–Kier alpha value is -2.29. The highest BCUT2D eigenvalue weighted by atomic mass is 79.9. The second-order valence-electron chi connectivity index (χ2n) is 4.82. The van der Waals surface area contributed by atoms with Gasteiger partial charge in [0.15, 0.2) is 10.4 Å². The van der Waals surface area contributed by atoms with Gasteiger partial charge in [-0.15, -0.1) is 0 Å². The molecule has 0 saturated heterocycles. The average molecular weight is 405 g/mol. The highest BCUT2D eigenvalue weighted by Crippen LogP contribution is 2.17. The van der Waals surface area contributed by atoms with E-state index in [1.54, 1.807) is 35.6 Å². The summed E-state index contributed by atoms with van der Waals surface area (Å²) in [4.78, 5) is 23.3. The molecule has 2 amide bonds. The van der Waals surface area contributed by atoms with Crippen LogP contribution in [0.5, 0.6) is 0 Å². The molecule has 9 heteroatoms. The molecule has 2 N–H and O–H groups in total. The lowest BCUT2D eigenvalue weighted by atomic mass is 10.1. The van der Waals surface area contributed by atoms with Crippen molar-refractivity contribution in [2.24, 2.45) is 0 Å². The van der Waals surface area contributed by atoms with Gasteiger partial charge in [-0.1, -0.05) is 12.1 Å². The van der Waals surface area contributed by atoms with Gasteiger partial charge in [-0.2, -0.15) is 13.2 Å². The summed E-state index contributed by atoms with van der Waals surface area (Å²) in [5, 5.41) is 4.39. The Bertz CT molecular complexity index is 726. The van der Waals surface area contributed by atoms with Crippen molar-refractivity contribution >= 4 is 33.4 Å². The van der Waals surface area contributed by atoms with Gasteiger partial charge in [-0.25, -0.2) is 0 Å². The summed E-state index contributed by atoms with van der Waals surface area (Å²) >= 11 is 3.09. The highest BCUT2D eigenvalue weighted by Gasteiger charge is 2.27. The van der Waals surface area contributed by atoms with E-state index in [0.717, 1.165) is 0 Å². The number of alkyl halides is 3. The molecule has 0 aliphatic rings. The lowest BCUT2D eigenvalue weighted by Crippen LogP contribution is -2.34. The number of benzene rings is 1. The van der Waals surface area contributed by atoms with E-state index in [-0.39, 0.29) is 12.2 Å². The first-order chi connectivity index (χ1) is 11.2. The number of amides is 2. The third kappa shape index (κ3) is 5.73. The molecule has 0 atom stereocenters. The van der Waals surface area contributed by atoms with Crippen LogP contribution in [0.3, 0.4) is 0 Å². The van der Waals surface area contributed by atoms with Crippen LogP contribution in [0.2, 0.25) is 0 Å². The van der Waals surface area contributed by atoms with E-state index in [1.807, 2.05) is 0 Å². The SMILES string of the molecule is O=C(Cc1ccc(NC(=O)c2ccc(Br)o2)cc1)NCC(F)(F)F. The maximum absolute atomic E-state index is 12.0. The molecule has 0 radical (unpaired) electrons. The third-order valence-corrected chi connectivity index (χ3v) is 3.29. The molecule has 0 bridgehead atoms. The number of nitrogens with one attached hydrogen (secondary N) is 2. The van der Waals surface area contributed by atoms with Crippen molar-refractivity contribution < 1.29 is 27.2 Å². The Morgan fingerprint density at radius 2 is 1.75 bits per heavy atom. The van der Waals surface area contributed by atoms with E-state index in [1.165, 1.54) is 6.07 Å². The summed E-state index contributed by atoms with van der Waals surface area (Å²) < 4.78 is 41.5. The van der Waals surface area contributed by atoms with Crippen LogP contribution in [0.4, 0.5) is 18.9 Å². The Labute approximate surface area is 143 Å². The predicted octanol–water partition coefficient (Wildman–Crippen LogP) is 3.52. The van der Waals surface area contributed by atoms with Gasteiger partial charge >= 0.3 is 6.18 Å². The van der Waals surface area contributed by atoms with E-state index in [4.69, 9.17) is 4.42 Å². The topological polar surface area (TPSA) is 71.3 Å². The first kappa shape index (κ1) is 18.1. The van der Waals surface area contributed by atoms with Crippen LogP contribution in [0.1, 0.15) is 16.1 Å². The maximum atomic E-state index is 12.0. The molecule has 0 saturated carbocycles. The van der Waals surface area contributed by atoms with Gasteiger partial charge in [0.1, 0.15) is 6.54 Å². The van der Waals surface area contributed by atoms with Crippen molar-refractivity contribution in [2.75, 3.05) is 11.9 Å². The number of anilines is 1. The van der Waals surface area contributed by atoms with Crippen LogP contribution in [-0.4, -0.2) is 24.5 Å². The molecule has 24 heavy (non-hydrogen) atoms. The molecule has 0 aliphatic carbocycles. The summed E-state index contributed by atoms with van der Waals surface area (Å²) in [6.07, 6.45) is -4.62. The van der Waals surface area contributed by atoms with E-state index in [2.05, 4.69) is 21.2 Å². The van der Waals surface area contributed by atoms with Crippen molar-refractivity contribution in [1.29, 1.82) is 0 Å². The van der Waals surface area contributed by atoms with Crippen LogP contribution in [0, 0.1) is 0 Å². The number of furan rings is 1. The Morgan fingerprint density at radius 1 is 1.08 bits per heavy atom. The van der Waals surface area contributed by atoms with Crippen LogP contribution in [0.15, 0.2) is 45.5 Å². The summed E-state index contributed by atoms with van der Waals surface area (Å²) in [7, 11) is 0. The first-order valence-corrected chi connectivity index (χ1v) is 7.51. The fourth-order valence-electron chi connectivity index (χ4n) is 1.78. The number of carbonyl (C=O) groups excluding carboxylic acids is 2. The van der Waals surface area contributed by atoms with E-state index in [0.29, 0.717) is 15.9 Å². The van der Waals surface area contributed by atoms with Gasteiger partial charge < -0.3 is 15.1 Å². The molecule has 128 valence electrons. The Balaban J connectivity index is 1.88. The molecule has 0 unspecified atom stereocenters. The summed E-state index contributed by atoms with van der Waals surface area (Å²) in [6.45, 7) is -1.36. The van der Waals surface area contributed by atoms with Gasteiger partial charge in [0.05, 0.1) is 6.42 Å². The molecule has 1 aromatic heterocycles. The molecular formula is C15H12BrF3N2O3. The zero-order valence-corrected chi connectivity index (χ0v) is 13.7. The second-order valence-corrected chi connectivity index (χ2v) is 5.61. The largest absolute Gasteiger partial charge is 0.444 e. The fraction of sp³-hybridized carbons (Fsp3) is 0.200. The van der Waals surface area contributed by atoms with Crippen LogP contribution in [-0.2, 0) is 11.2 Å². The first-order valence-electron chi connectivity index (χ1n) is 6.72.